The van der Waals surface area contributed by atoms with Crippen LogP contribution in [0.15, 0.2) is 11.8 Å². The minimum absolute atomic E-state index is 0.713. The van der Waals surface area contributed by atoms with Crippen LogP contribution in [-0.4, -0.2) is 24.4 Å². The fourth-order valence-electron chi connectivity index (χ4n) is 0.568. The molecule has 0 saturated heterocycles. The molecule has 1 aliphatic heterocycles. The normalized spacial score (nSPS) is 18.0. The van der Waals surface area contributed by atoms with Crippen LogP contribution in [0.3, 0.4) is 0 Å². The lowest BCUT2D eigenvalue weighted by molar-refractivity contribution is -0.0858. The van der Waals surface area contributed by atoms with E-state index in [-0.39, 0.29) is 0 Å². The summed E-state index contributed by atoms with van der Waals surface area (Å²) in [5.74, 6) is 0. The van der Waals surface area contributed by atoms with Crippen molar-refractivity contribution in [2.24, 2.45) is 0 Å². The Morgan fingerprint density at radius 2 is 2.10 bits per heavy atom. The predicted octanol–water partition coefficient (Wildman–Crippen LogP) is 0.700. The van der Waals surface area contributed by atoms with E-state index < -0.39 is 11.7 Å². The van der Waals surface area contributed by atoms with Gasteiger partial charge >= 0.3 is 6.18 Å². The summed E-state index contributed by atoms with van der Waals surface area (Å²) in [7, 11) is 1.44. The van der Waals surface area contributed by atoms with Crippen LogP contribution >= 0.6 is 0 Å². The molecular weight excluding hydrogens is 145 g/mol. The Labute approximate surface area is 55.6 Å². The fraction of sp³-hybridized carbons (Fsp3) is 0.400. The van der Waals surface area contributed by atoms with Crippen LogP contribution < -0.4 is 5.10 Å². The van der Waals surface area contributed by atoms with Crippen LogP contribution in [-0.2, 0) is 0 Å². The van der Waals surface area contributed by atoms with E-state index in [1.54, 1.807) is 0 Å². The van der Waals surface area contributed by atoms with Gasteiger partial charge in [0.15, 0.2) is 10.7 Å². The number of halogens is 3. The van der Waals surface area contributed by atoms with Crippen molar-refractivity contribution in [1.29, 1.82) is 0 Å². The van der Waals surface area contributed by atoms with Gasteiger partial charge in [0.05, 0.1) is 13.2 Å². The van der Waals surface area contributed by atoms with E-state index in [2.05, 4.69) is 5.10 Å². The Hall–Kier alpha value is -1.00. The first-order valence-corrected chi connectivity index (χ1v) is 2.56. The molecule has 55 valence electrons. The molecule has 0 N–H and O–H groups in total. The molecular formula is C5H5F3N2+. The molecule has 2 nitrogen and oxygen atoms in total. The Balaban J connectivity index is 2.78. The van der Waals surface area contributed by atoms with Crippen molar-refractivity contribution < 1.29 is 13.2 Å². The van der Waals surface area contributed by atoms with Crippen molar-refractivity contribution in [3.63, 3.8) is 0 Å². The number of alkyl halides is 3. The molecule has 0 fully saturated rings. The maximum atomic E-state index is 11.7. The number of nitrogens with zero attached hydrogens (tertiary/aromatic N) is 2. The van der Waals surface area contributed by atoms with E-state index in [0.717, 1.165) is 17.4 Å². The molecule has 10 heavy (non-hydrogen) atoms. The zero-order valence-electron chi connectivity index (χ0n) is 5.18. The summed E-state index contributed by atoms with van der Waals surface area (Å²) in [4.78, 5) is 0. The Morgan fingerprint density at radius 1 is 1.50 bits per heavy atom. The van der Waals surface area contributed by atoms with Gasteiger partial charge in [-0.3, -0.25) is 0 Å². The highest BCUT2D eigenvalue weighted by Gasteiger charge is 2.39. The SMILES string of the molecule is CN1C=C(C(F)(F)F)C=[N+]1. The van der Waals surface area contributed by atoms with Crippen molar-refractivity contribution in [2.75, 3.05) is 7.05 Å². The van der Waals surface area contributed by atoms with Gasteiger partial charge in [-0.15, -0.1) is 0 Å². The summed E-state index contributed by atoms with van der Waals surface area (Å²) in [5.41, 5.74) is -0.713. The summed E-state index contributed by atoms with van der Waals surface area (Å²) in [5, 5.41) is 4.49. The van der Waals surface area contributed by atoms with Gasteiger partial charge in [-0.25, -0.2) is 0 Å². The van der Waals surface area contributed by atoms with Gasteiger partial charge in [0.1, 0.15) is 0 Å². The molecule has 0 unspecified atom stereocenters. The van der Waals surface area contributed by atoms with E-state index in [0.29, 0.717) is 0 Å². The molecule has 0 aromatic heterocycles. The van der Waals surface area contributed by atoms with E-state index in [1.165, 1.54) is 7.05 Å². The lowest BCUT2D eigenvalue weighted by Crippen LogP contribution is -2.11. The number of hydrazone groups is 1. The molecule has 0 aliphatic carbocycles. The molecule has 0 amide bonds. The Bertz CT molecular complexity index is 192. The lowest BCUT2D eigenvalue weighted by atomic mass is 10.3. The van der Waals surface area contributed by atoms with E-state index >= 15 is 0 Å². The second-order valence-electron chi connectivity index (χ2n) is 1.90. The molecule has 1 rings (SSSR count). The van der Waals surface area contributed by atoms with Crippen LogP contribution in [0.5, 0.6) is 0 Å². The highest BCUT2D eigenvalue weighted by atomic mass is 19.4. The average molecular weight is 150 g/mol. The highest BCUT2D eigenvalue weighted by Crippen LogP contribution is 2.24. The quantitative estimate of drug-likeness (QED) is 0.496. The Morgan fingerprint density at radius 3 is 2.30 bits per heavy atom. The maximum Gasteiger partial charge on any atom is 0.424 e. The van der Waals surface area contributed by atoms with Gasteiger partial charge in [0.2, 0.25) is 0 Å². The van der Waals surface area contributed by atoms with E-state index in [9.17, 15) is 13.2 Å². The van der Waals surface area contributed by atoms with Crippen LogP contribution in [0.4, 0.5) is 13.2 Å². The van der Waals surface area contributed by atoms with Crippen molar-refractivity contribution in [3.05, 3.63) is 11.8 Å². The first-order valence-electron chi connectivity index (χ1n) is 2.56. The van der Waals surface area contributed by atoms with Crippen LogP contribution in [0, 0.1) is 0 Å². The summed E-state index contributed by atoms with van der Waals surface area (Å²) in [6.45, 7) is 0. The van der Waals surface area contributed by atoms with E-state index in [4.69, 9.17) is 0 Å². The smallest absolute Gasteiger partial charge is 0.166 e. The second kappa shape index (κ2) is 2.00. The topological polar surface area (TPSA) is 17.3 Å². The maximum absolute atomic E-state index is 11.7. The minimum atomic E-state index is -4.27. The molecule has 5 heteroatoms. The van der Waals surface area contributed by atoms with Crippen molar-refractivity contribution >= 4 is 6.21 Å². The van der Waals surface area contributed by atoms with Crippen LogP contribution in [0.2, 0.25) is 0 Å². The van der Waals surface area contributed by atoms with Gasteiger partial charge in [-0.2, -0.15) is 13.2 Å². The minimum Gasteiger partial charge on any atom is -0.166 e. The predicted molar refractivity (Wildman–Crippen MR) is 30.1 cm³/mol. The number of allylic oxidation sites excluding steroid dienone is 1. The summed E-state index contributed by atoms with van der Waals surface area (Å²) < 4.78 is 35.2. The second-order valence-corrected chi connectivity index (χ2v) is 1.90. The third-order valence-corrected chi connectivity index (χ3v) is 1.03. The van der Waals surface area contributed by atoms with Crippen LogP contribution in [0.25, 0.3) is 0 Å². The average Bonchev–Trinajstić information content (AvgIpc) is 2.11. The summed E-state index contributed by atoms with van der Waals surface area (Å²) >= 11 is 0. The van der Waals surface area contributed by atoms with Gasteiger partial charge in [-0.05, 0) is 0 Å². The van der Waals surface area contributed by atoms with Gasteiger partial charge in [-0.1, -0.05) is 5.01 Å². The standard InChI is InChI=1S/C5H5F3N2/c1-10-3-4(2-9-10)5(6,7)8/h2-3H,1H3/q+1. The molecule has 1 heterocycles. The molecule has 0 atom stereocenters. The molecule has 1 radical (unpaired) electrons. The lowest BCUT2D eigenvalue weighted by Gasteiger charge is -1.98. The molecule has 0 aromatic carbocycles. The molecule has 0 saturated carbocycles. The molecule has 1 aliphatic rings. The van der Waals surface area contributed by atoms with Gasteiger partial charge < -0.3 is 0 Å². The first-order chi connectivity index (χ1) is 4.50. The van der Waals surface area contributed by atoms with Crippen molar-refractivity contribution in [3.8, 4) is 0 Å². The van der Waals surface area contributed by atoms with Gasteiger partial charge in [0, 0.05) is 0 Å². The first kappa shape index (κ1) is 7.11. The highest BCUT2D eigenvalue weighted by molar-refractivity contribution is 5.80. The van der Waals surface area contributed by atoms with Gasteiger partial charge in [0.25, 0.3) is 6.21 Å². The number of rotatable bonds is 0. The number of hydrogen-bond donors (Lipinski definition) is 0. The zero-order chi connectivity index (χ0) is 7.78. The summed E-state index contributed by atoms with van der Waals surface area (Å²) in [6, 6.07) is 0. The van der Waals surface area contributed by atoms with Crippen molar-refractivity contribution in [1.82, 2.24) is 10.1 Å². The zero-order valence-corrected chi connectivity index (χ0v) is 5.18. The van der Waals surface area contributed by atoms with Crippen molar-refractivity contribution in [2.45, 2.75) is 6.18 Å². The summed E-state index contributed by atoms with van der Waals surface area (Å²) in [6.07, 6.45) is -2.55. The Kier molecular flexibility index (Phi) is 1.42. The fourth-order valence-corrected chi connectivity index (χ4v) is 0.568. The molecule has 0 bridgehead atoms. The van der Waals surface area contributed by atoms with Crippen LogP contribution in [0.1, 0.15) is 0 Å². The van der Waals surface area contributed by atoms with E-state index in [1.807, 2.05) is 0 Å². The number of hydrogen-bond acceptors (Lipinski definition) is 2. The third kappa shape index (κ3) is 1.29. The largest absolute Gasteiger partial charge is 0.424 e. The monoisotopic (exact) mass is 150 g/mol. The molecule has 0 aromatic rings. The molecule has 0 spiro atoms. The third-order valence-electron chi connectivity index (χ3n) is 1.03.